The van der Waals surface area contributed by atoms with Crippen LogP contribution in [0.5, 0.6) is 5.75 Å². The van der Waals surface area contributed by atoms with Crippen LogP contribution in [0, 0.1) is 0 Å². The van der Waals surface area contributed by atoms with Crippen molar-refractivity contribution < 1.29 is 14.3 Å². The van der Waals surface area contributed by atoms with E-state index in [4.69, 9.17) is 9.47 Å². The van der Waals surface area contributed by atoms with E-state index in [1.54, 1.807) is 0 Å². The standard InChI is InChI=1S/C19H19NO3/c21-19(22-12-13-5-2-1-3-6-13)20-17-11-15-10-9-14-7-4-8-16(14)18(15)23-17/h1-3,5-6,9-10,17H,4,7-8,11-12H2,(H,20,21). The number of carbonyl (C=O) groups excluding carboxylic acids is 1. The summed E-state index contributed by atoms with van der Waals surface area (Å²) in [5.74, 6) is 0.980. The molecule has 2 aliphatic rings. The van der Waals surface area contributed by atoms with Crippen LogP contribution in [0.4, 0.5) is 4.79 Å². The van der Waals surface area contributed by atoms with Crippen LogP contribution >= 0.6 is 0 Å². The van der Waals surface area contributed by atoms with Crippen molar-refractivity contribution in [2.24, 2.45) is 0 Å². The van der Waals surface area contributed by atoms with Gasteiger partial charge in [0.05, 0.1) is 0 Å². The molecule has 0 fully saturated rings. The molecule has 1 N–H and O–H groups in total. The number of alkyl carbamates (subject to hydrolysis) is 1. The largest absolute Gasteiger partial charge is 0.470 e. The second-order valence-electron chi connectivity index (χ2n) is 6.06. The lowest BCUT2D eigenvalue weighted by Crippen LogP contribution is -2.38. The van der Waals surface area contributed by atoms with Crippen molar-refractivity contribution in [1.29, 1.82) is 0 Å². The molecule has 1 aliphatic heterocycles. The van der Waals surface area contributed by atoms with Gasteiger partial charge < -0.3 is 9.47 Å². The van der Waals surface area contributed by atoms with Crippen LogP contribution in [-0.2, 0) is 30.6 Å². The van der Waals surface area contributed by atoms with E-state index in [2.05, 4.69) is 17.4 Å². The Bertz CT molecular complexity index is 727. The van der Waals surface area contributed by atoms with E-state index in [1.807, 2.05) is 30.3 Å². The van der Waals surface area contributed by atoms with Gasteiger partial charge in [0.2, 0.25) is 0 Å². The number of nitrogens with one attached hydrogen (secondary N) is 1. The first kappa shape index (κ1) is 14.1. The molecular formula is C19H19NO3. The molecule has 1 amide bonds. The molecule has 2 aromatic carbocycles. The highest BCUT2D eigenvalue weighted by Gasteiger charge is 2.29. The number of fused-ring (bicyclic) bond motifs is 3. The zero-order chi connectivity index (χ0) is 15.6. The summed E-state index contributed by atoms with van der Waals surface area (Å²) in [5.41, 5.74) is 4.86. The average Bonchev–Trinajstić information content (AvgIpc) is 3.19. The molecule has 0 saturated carbocycles. The van der Waals surface area contributed by atoms with Crippen LogP contribution < -0.4 is 10.1 Å². The Morgan fingerprint density at radius 2 is 1.96 bits per heavy atom. The van der Waals surface area contributed by atoms with Crippen LogP contribution in [0.1, 0.15) is 28.7 Å². The fourth-order valence-corrected chi connectivity index (χ4v) is 3.35. The van der Waals surface area contributed by atoms with Crippen molar-refractivity contribution in [2.45, 2.75) is 38.5 Å². The maximum atomic E-state index is 11.9. The van der Waals surface area contributed by atoms with Gasteiger partial charge in [-0.2, -0.15) is 0 Å². The Morgan fingerprint density at radius 3 is 2.83 bits per heavy atom. The summed E-state index contributed by atoms with van der Waals surface area (Å²) in [6, 6.07) is 14.0. The smallest absolute Gasteiger partial charge is 0.410 e. The fraction of sp³-hybridized carbons (Fsp3) is 0.316. The van der Waals surface area contributed by atoms with Crippen molar-refractivity contribution >= 4 is 6.09 Å². The Hall–Kier alpha value is -2.49. The molecule has 118 valence electrons. The Morgan fingerprint density at radius 1 is 1.13 bits per heavy atom. The molecule has 1 atom stereocenters. The number of carbonyl (C=O) groups is 1. The Labute approximate surface area is 135 Å². The van der Waals surface area contributed by atoms with E-state index in [-0.39, 0.29) is 12.8 Å². The molecule has 23 heavy (non-hydrogen) atoms. The van der Waals surface area contributed by atoms with Gasteiger partial charge in [-0.1, -0.05) is 42.5 Å². The van der Waals surface area contributed by atoms with E-state index >= 15 is 0 Å². The highest BCUT2D eigenvalue weighted by molar-refractivity contribution is 5.68. The third-order valence-electron chi connectivity index (χ3n) is 4.47. The lowest BCUT2D eigenvalue weighted by atomic mass is 10.0. The minimum Gasteiger partial charge on any atom is -0.470 e. The van der Waals surface area contributed by atoms with E-state index in [1.165, 1.54) is 23.1 Å². The predicted molar refractivity (Wildman–Crippen MR) is 86.3 cm³/mol. The molecule has 1 heterocycles. The van der Waals surface area contributed by atoms with Gasteiger partial charge >= 0.3 is 6.09 Å². The van der Waals surface area contributed by atoms with E-state index in [0.717, 1.165) is 24.2 Å². The van der Waals surface area contributed by atoms with Gasteiger partial charge in [-0.05, 0) is 36.0 Å². The third kappa shape index (κ3) is 2.89. The van der Waals surface area contributed by atoms with Crippen LogP contribution in [0.3, 0.4) is 0 Å². The fourth-order valence-electron chi connectivity index (χ4n) is 3.35. The molecule has 0 bridgehead atoms. The summed E-state index contributed by atoms with van der Waals surface area (Å²) in [7, 11) is 0. The van der Waals surface area contributed by atoms with E-state index in [9.17, 15) is 4.79 Å². The molecule has 1 unspecified atom stereocenters. The number of benzene rings is 2. The lowest BCUT2D eigenvalue weighted by molar-refractivity contribution is 0.113. The second kappa shape index (κ2) is 5.95. The van der Waals surface area contributed by atoms with E-state index < -0.39 is 6.09 Å². The quantitative estimate of drug-likeness (QED) is 0.945. The summed E-state index contributed by atoms with van der Waals surface area (Å²) < 4.78 is 11.2. The molecule has 0 radical (unpaired) electrons. The van der Waals surface area contributed by atoms with Crippen molar-refractivity contribution in [2.75, 3.05) is 0 Å². The first-order valence-electron chi connectivity index (χ1n) is 8.07. The number of hydrogen-bond donors (Lipinski definition) is 1. The van der Waals surface area contributed by atoms with Crippen LogP contribution in [-0.4, -0.2) is 12.3 Å². The Balaban J connectivity index is 1.35. The summed E-state index contributed by atoms with van der Waals surface area (Å²) in [4.78, 5) is 11.9. The van der Waals surface area contributed by atoms with Gasteiger partial charge in [0.25, 0.3) is 0 Å². The Kier molecular flexibility index (Phi) is 3.66. The maximum Gasteiger partial charge on any atom is 0.410 e. The van der Waals surface area contributed by atoms with Gasteiger partial charge in [0.1, 0.15) is 12.4 Å². The zero-order valence-electron chi connectivity index (χ0n) is 12.9. The van der Waals surface area contributed by atoms with Gasteiger partial charge in [0, 0.05) is 12.0 Å². The highest BCUT2D eigenvalue weighted by Crippen LogP contribution is 2.38. The summed E-state index contributed by atoms with van der Waals surface area (Å²) >= 11 is 0. The molecular weight excluding hydrogens is 290 g/mol. The molecule has 0 saturated heterocycles. The van der Waals surface area contributed by atoms with Crippen molar-refractivity contribution in [1.82, 2.24) is 5.32 Å². The van der Waals surface area contributed by atoms with Crippen molar-refractivity contribution in [3.8, 4) is 5.75 Å². The number of ether oxygens (including phenoxy) is 2. The zero-order valence-corrected chi connectivity index (χ0v) is 12.9. The predicted octanol–water partition coefficient (Wildman–Crippen LogP) is 3.36. The maximum absolute atomic E-state index is 11.9. The molecule has 4 nitrogen and oxygen atoms in total. The van der Waals surface area contributed by atoms with Gasteiger partial charge in [0.15, 0.2) is 6.23 Å². The topological polar surface area (TPSA) is 47.6 Å². The first-order chi connectivity index (χ1) is 11.3. The van der Waals surface area contributed by atoms with Crippen LogP contribution in [0.25, 0.3) is 0 Å². The molecule has 4 rings (SSSR count). The minimum absolute atomic E-state index is 0.266. The second-order valence-corrected chi connectivity index (χ2v) is 6.06. The molecule has 4 heteroatoms. The third-order valence-corrected chi connectivity index (χ3v) is 4.47. The minimum atomic E-state index is -0.441. The number of aryl methyl sites for hydroxylation is 1. The highest BCUT2D eigenvalue weighted by atomic mass is 16.6. The molecule has 1 aliphatic carbocycles. The molecule has 0 spiro atoms. The SMILES string of the molecule is O=C(NC1Cc2ccc3c(c2O1)CCC3)OCc1ccccc1. The summed E-state index contributed by atoms with van der Waals surface area (Å²) in [5, 5.41) is 2.80. The number of hydrogen-bond acceptors (Lipinski definition) is 3. The lowest BCUT2D eigenvalue weighted by Gasteiger charge is -2.14. The summed E-state index contributed by atoms with van der Waals surface area (Å²) in [6.07, 6.45) is 3.31. The van der Waals surface area contributed by atoms with Crippen molar-refractivity contribution in [3.05, 3.63) is 64.7 Å². The molecule has 0 aromatic heterocycles. The molecule has 2 aromatic rings. The number of rotatable bonds is 3. The number of amides is 1. The monoisotopic (exact) mass is 309 g/mol. The average molecular weight is 309 g/mol. The van der Waals surface area contributed by atoms with Gasteiger partial charge in [-0.15, -0.1) is 0 Å². The van der Waals surface area contributed by atoms with Crippen LogP contribution in [0.15, 0.2) is 42.5 Å². The van der Waals surface area contributed by atoms with Gasteiger partial charge in [-0.25, -0.2) is 4.79 Å². The summed E-state index contributed by atoms with van der Waals surface area (Å²) in [6.45, 7) is 0.266. The van der Waals surface area contributed by atoms with Crippen molar-refractivity contribution in [3.63, 3.8) is 0 Å². The van der Waals surface area contributed by atoms with Crippen LogP contribution in [0.2, 0.25) is 0 Å². The first-order valence-corrected chi connectivity index (χ1v) is 8.07. The van der Waals surface area contributed by atoms with Gasteiger partial charge in [-0.3, -0.25) is 5.32 Å². The van der Waals surface area contributed by atoms with E-state index in [0.29, 0.717) is 6.42 Å². The normalized spacial score (nSPS) is 18.0.